The predicted molar refractivity (Wildman–Crippen MR) is 78.2 cm³/mol. The lowest BCUT2D eigenvalue weighted by Crippen LogP contribution is -2.59. The van der Waals surface area contributed by atoms with Crippen LogP contribution in [-0.4, -0.2) is 27.5 Å². The highest BCUT2D eigenvalue weighted by molar-refractivity contribution is 5.99. The van der Waals surface area contributed by atoms with Crippen LogP contribution in [0.25, 0.3) is 0 Å². The van der Waals surface area contributed by atoms with Crippen molar-refractivity contribution < 1.29 is 14.8 Å². The fraction of sp³-hybridized carbons (Fsp3) is 0.188. The number of aromatic nitrogens is 1. The second kappa shape index (κ2) is 5.57. The van der Waals surface area contributed by atoms with Crippen LogP contribution in [0.15, 0.2) is 48.8 Å². The van der Waals surface area contributed by atoms with Crippen molar-refractivity contribution in [3.05, 3.63) is 65.5 Å². The van der Waals surface area contributed by atoms with E-state index < -0.39 is 17.4 Å². The van der Waals surface area contributed by atoms with Crippen molar-refractivity contribution in [3.63, 3.8) is 0 Å². The first kappa shape index (κ1) is 14.2. The molecule has 1 aromatic heterocycles. The van der Waals surface area contributed by atoms with Gasteiger partial charge in [-0.1, -0.05) is 24.3 Å². The molecule has 0 spiro atoms. The molecule has 1 aliphatic carbocycles. The van der Waals surface area contributed by atoms with Crippen LogP contribution < -0.4 is 10.8 Å². The van der Waals surface area contributed by atoms with Crippen molar-refractivity contribution in [2.45, 2.75) is 18.4 Å². The predicted octanol–water partition coefficient (Wildman–Crippen LogP) is 0.854. The lowest BCUT2D eigenvalue weighted by atomic mass is 9.94. The molecular formula is C16H15N3O3. The summed E-state index contributed by atoms with van der Waals surface area (Å²) in [5, 5.41) is 11.8. The van der Waals surface area contributed by atoms with Gasteiger partial charge >= 0.3 is 0 Å². The molecule has 3 N–H and O–H groups in total. The molecule has 0 bridgehead atoms. The zero-order valence-corrected chi connectivity index (χ0v) is 11.7. The van der Waals surface area contributed by atoms with Crippen LogP contribution in [0.3, 0.4) is 0 Å². The van der Waals surface area contributed by atoms with Gasteiger partial charge in [0.25, 0.3) is 11.8 Å². The molecule has 6 heteroatoms. The largest absolute Gasteiger partial charge is 0.337 e. The quantitative estimate of drug-likeness (QED) is 0.579. The molecule has 0 radical (unpaired) electrons. The van der Waals surface area contributed by atoms with Crippen LogP contribution >= 0.6 is 0 Å². The van der Waals surface area contributed by atoms with E-state index in [9.17, 15) is 9.59 Å². The number of nitrogens with zero attached hydrogens (tertiary/aromatic N) is 1. The lowest BCUT2D eigenvalue weighted by Gasteiger charge is -2.27. The number of rotatable bonds is 3. The summed E-state index contributed by atoms with van der Waals surface area (Å²) in [6, 6.07) is 10.9. The Balaban J connectivity index is 1.90. The molecule has 0 atom stereocenters. The van der Waals surface area contributed by atoms with Gasteiger partial charge in [0.1, 0.15) is 5.54 Å². The monoisotopic (exact) mass is 297 g/mol. The van der Waals surface area contributed by atoms with Gasteiger partial charge in [-0.3, -0.25) is 19.8 Å². The van der Waals surface area contributed by atoms with Crippen LogP contribution in [-0.2, 0) is 17.6 Å². The van der Waals surface area contributed by atoms with Gasteiger partial charge in [-0.05, 0) is 23.3 Å². The van der Waals surface area contributed by atoms with E-state index in [1.54, 1.807) is 23.8 Å². The highest BCUT2D eigenvalue weighted by atomic mass is 16.5. The Bertz CT molecular complexity index is 691. The van der Waals surface area contributed by atoms with Gasteiger partial charge < -0.3 is 5.32 Å². The maximum atomic E-state index is 12.4. The number of hydrogen-bond donors (Lipinski definition) is 3. The van der Waals surface area contributed by atoms with Crippen molar-refractivity contribution in [3.8, 4) is 0 Å². The van der Waals surface area contributed by atoms with Gasteiger partial charge in [-0.25, -0.2) is 5.48 Å². The summed E-state index contributed by atoms with van der Waals surface area (Å²) >= 11 is 0. The van der Waals surface area contributed by atoms with E-state index in [-0.39, 0.29) is 0 Å². The van der Waals surface area contributed by atoms with Crippen LogP contribution in [0.1, 0.15) is 21.5 Å². The summed E-state index contributed by atoms with van der Waals surface area (Å²) in [6.07, 6.45) is 3.67. The molecule has 1 aromatic carbocycles. The van der Waals surface area contributed by atoms with Gasteiger partial charge in [-0.15, -0.1) is 0 Å². The molecule has 0 aliphatic heterocycles. The van der Waals surface area contributed by atoms with E-state index >= 15 is 0 Å². The van der Waals surface area contributed by atoms with E-state index in [1.807, 2.05) is 24.3 Å². The number of hydrogen-bond acceptors (Lipinski definition) is 4. The Kier molecular flexibility index (Phi) is 3.60. The summed E-state index contributed by atoms with van der Waals surface area (Å²) < 4.78 is 0. The Morgan fingerprint density at radius 1 is 1.09 bits per heavy atom. The third-order valence-corrected chi connectivity index (χ3v) is 3.92. The molecule has 3 rings (SSSR count). The smallest absolute Gasteiger partial charge is 0.269 e. The molecule has 0 unspecified atom stereocenters. The average Bonchev–Trinajstić information content (AvgIpc) is 2.94. The number of benzene rings is 1. The standard InChI is InChI=1S/C16H15N3O3/c20-14(13-6-3-7-17-10-13)18-16(15(21)19-22)8-11-4-1-2-5-12(11)9-16/h1-7,10,22H,8-9H2,(H,18,20)(H,19,21). The normalized spacial score (nSPS) is 15.0. The van der Waals surface area contributed by atoms with E-state index in [4.69, 9.17) is 5.21 Å². The molecule has 2 amide bonds. The summed E-state index contributed by atoms with van der Waals surface area (Å²) in [5.74, 6) is -1.02. The number of carbonyl (C=O) groups excluding carboxylic acids is 2. The highest BCUT2D eigenvalue weighted by Crippen LogP contribution is 2.30. The van der Waals surface area contributed by atoms with Crippen LogP contribution in [0.4, 0.5) is 0 Å². The molecule has 112 valence electrons. The van der Waals surface area contributed by atoms with E-state index in [2.05, 4.69) is 10.3 Å². The molecule has 22 heavy (non-hydrogen) atoms. The number of fused-ring (bicyclic) bond motifs is 1. The molecule has 6 nitrogen and oxygen atoms in total. The van der Waals surface area contributed by atoms with E-state index in [1.165, 1.54) is 6.20 Å². The average molecular weight is 297 g/mol. The number of carbonyl (C=O) groups is 2. The Labute approximate surface area is 127 Å². The second-order valence-corrected chi connectivity index (χ2v) is 5.34. The van der Waals surface area contributed by atoms with Crippen molar-refractivity contribution in [1.29, 1.82) is 0 Å². The molecule has 1 aliphatic rings. The summed E-state index contributed by atoms with van der Waals surface area (Å²) in [7, 11) is 0. The highest BCUT2D eigenvalue weighted by Gasteiger charge is 2.45. The Hall–Kier alpha value is -2.73. The minimum Gasteiger partial charge on any atom is -0.337 e. The number of pyridine rings is 1. The minimum absolute atomic E-state index is 0.335. The molecule has 1 heterocycles. The first-order chi connectivity index (χ1) is 10.6. The lowest BCUT2D eigenvalue weighted by molar-refractivity contribution is -0.135. The summed E-state index contributed by atoms with van der Waals surface area (Å²) in [5.41, 5.74) is 2.81. The third-order valence-electron chi connectivity index (χ3n) is 3.92. The van der Waals surface area contributed by atoms with Crippen LogP contribution in [0, 0.1) is 0 Å². The van der Waals surface area contributed by atoms with Crippen LogP contribution in [0.2, 0.25) is 0 Å². The first-order valence-electron chi connectivity index (χ1n) is 6.88. The SMILES string of the molecule is O=C(NC1(C(=O)NO)Cc2ccccc2C1)c1cccnc1. The Morgan fingerprint density at radius 3 is 2.32 bits per heavy atom. The van der Waals surface area contributed by atoms with Gasteiger partial charge in [0.05, 0.1) is 5.56 Å². The molecule has 0 saturated carbocycles. The fourth-order valence-electron chi connectivity index (χ4n) is 2.81. The fourth-order valence-corrected chi connectivity index (χ4v) is 2.81. The molecule has 0 fully saturated rings. The van der Waals surface area contributed by atoms with Crippen LogP contribution in [0.5, 0.6) is 0 Å². The zero-order valence-electron chi connectivity index (χ0n) is 11.7. The number of nitrogens with one attached hydrogen (secondary N) is 2. The van der Waals surface area contributed by atoms with Gasteiger partial charge in [-0.2, -0.15) is 0 Å². The van der Waals surface area contributed by atoms with E-state index in [0.717, 1.165) is 11.1 Å². The van der Waals surface area contributed by atoms with E-state index in [0.29, 0.717) is 18.4 Å². The van der Waals surface area contributed by atoms with Crippen molar-refractivity contribution in [2.24, 2.45) is 0 Å². The first-order valence-corrected chi connectivity index (χ1v) is 6.88. The topological polar surface area (TPSA) is 91.3 Å². The van der Waals surface area contributed by atoms with Gasteiger partial charge in [0.2, 0.25) is 0 Å². The minimum atomic E-state index is -1.19. The number of amides is 2. The van der Waals surface area contributed by atoms with Gasteiger partial charge in [0.15, 0.2) is 0 Å². The Morgan fingerprint density at radius 2 is 1.77 bits per heavy atom. The van der Waals surface area contributed by atoms with Gasteiger partial charge in [0, 0.05) is 25.2 Å². The third kappa shape index (κ3) is 2.44. The molecular weight excluding hydrogens is 282 g/mol. The zero-order chi connectivity index (χ0) is 15.6. The maximum Gasteiger partial charge on any atom is 0.269 e. The van der Waals surface area contributed by atoms with Crippen molar-refractivity contribution in [1.82, 2.24) is 15.8 Å². The summed E-state index contributed by atoms with van der Waals surface area (Å²) in [4.78, 5) is 28.4. The van der Waals surface area contributed by atoms with Crippen molar-refractivity contribution >= 4 is 11.8 Å². The van der Waals surface area contributed by atoms with Crippen molar-refractivity contribution in [2.75, 3.05) is 0 Å². The number of hydroxylamine groups is 1. The summed E-state index contributed by atoms with van der Waals surface area (Å²) in [6.45, 7) is 0. The maximum absolute atomic E-state index is 12.4. The molecule has 0 saturated heterocycles. The second-order valence-electron chi connectivity index (χ2n) is 5.34. The molecule has 2 aromatic rings.